The van der Waals surface area contributed by atoms with E-state index in [1.165, 1.54) is 0 Å². The highest BCUT2D eigenvalue weighted by molar-refractivity contribution is 5.93. The molecular weight excluding hydrogens is 230 g/mol. The SMILES string of the molecule is NC(=O)C1CCC=CC1(C(=O)O)c1ccccc1. The normalized spacial score (nSPS) is 26.8. The number of carboxylic acid groups (broad SMARTS) is 1. The summed E-state index contributed by atoms with van der Waals surface area (Å²) in [6.45, 7) is 0. The van der Waals surface area contributed by atoms with Crippen LogP contribution in [0.5, 0.6) is 0 Å². The average Bonchev–Trinajstić information content (AvgIpc) is 2.39. The van der Waals surface area contributed by atoms with Crippen molar-refractivity contribution in [2.75, 3.05) is 0 Å². The summed E-state index contributed by atoms with van der Waals surface area (Å²) in [7, 11) is 0. The summed E-state index contributed by atoms with van der Waals surface area (Å²) < 4.78 is 0. The Bertz CT molecular complexity index is 495. The Morgan fingerprint density at radius 3 is 2.50 bits per heavy atom. The van der Waals surface area contributed by atoms with Crippen molar-refractivity contribution in [3.8, 4) is 0 Å². The lowest BCUT2D eigenvalue weighted by Gasteiger charge is -2.35. The maximum Gasteiger partial charge on any atom is 0.318 e. The van der Waals surface area contributed by atoms with Gasteiger partial charge in [-0.05, 0) is 18.4 Å². The molecule has 2 atom stereocenters. The average molecular weight is 245 g/mol. The molecule has 1 aromatic carbocycles. The summed E-state index contributed by atoms with van der Waals surface area (Å²) in [6, 6.07) is 8.78. The number of carbonyl (C=O) groups excluding carboxylic acids is 1. The second-order valence-electron chi connectivity index (χ2n) is 4.47. The van der Waals surface area contributed by atoms with E-state index in [4.69, 9.17) is 5.73 Å². The first-order valence-electron chi connectivity index (χ1n) is 5.85. The van der Waals surface area contributed by atoms with Gasteiger partial charge in [0.2, 0.25) is 5.91 Å². The molecule has 2 unspecified atom stereocenters. The van der Waals surface area contributed by atoms with Gasteiger partial charge in [0.05, 0.1) is 5.92 Å². The van der Waals surface area contributed by atoms with Crippen LogP contribution in [0, 0.1) is 5.92 Å². The van der Waals surface area contributed by atoms with E-state index in [9.17, 15) is 14.7 Å². The summed E-state index contributed by atoms with van der Waals surface area (Å²) in [4.78, 5) is 23.3. The lowest BCUT2D eigenvalue weighted by molar-refractivity contribution is -0.147. The van der Waals surface area contributed by atoms with E-state index < -0.39 is 23.2 Å². The molecular formula is C14H15NO3. The Morgan fingerprint density at radius 2 is 1.94 bits per heavy atom. The third kappa shape index (κ3) is 1.79. The van der Waals surface area contributed by atoms with E-state index in [1.54, 1.807) is 36.4 Å². The van der Waals surface area contributed by atoms with Crippen LogP contribution in [0.15, 0.2) is 42.5 Å². The highest BCUT2D eigenvalue weighted by Gasteiger charge is 2.49. The molecule has 0 bridgehead atoms. The van der Waals surface area contributed by atoms with E-state index in [0.29, 0.717) is 18.4 Å². The predicted octanol–water partition coefficient (Wildman–Crippen LogP) is 1.46. The molecule has 0 aromatic heterocycles. The highest BCUT2D eigenvalue weighted by atomic mass is 16.4. The van der Waals surface area contributed by atoms with Crippen LogP contribution in [0.2, 0.25) is 0 Å². The van der Waals surface area contributed by atoms with Gasteiger partial charge in [-0.25, -0.2) is 0 Å². The van der Waals surface area contributed by atoms with E-state index in [2.05, 4.69) is 0 Å². The largest absolute Gasteiger partial charge is 0.480 e. The van der Waals surface area contributed by atoms with Crippen molar-refractivity contribution < 1.29 is 14.7 Å². The number of nitrogens with two attached hydrogens (primary N) is 1. The van der Waals surface area contributed by atoms with Crippen LogP contribution >= 0.6 is 0 Å². The third-order valence-corrected chi connectivity index (χ3v) is 3.50. The quantitative estimate of drug-likeness (QED) is 0.791. The van der Waals surface area contributed by atoms with E-state index >= 15 is 0 Å². The van der Waals surface area contributed by atoms with Crippen molar-refractivity contribution in [1.29, 1.82) is 0 Å². The fourth-order valence-corrected chi connectivity index (χ4v) is 2.60. The summed E-state index contributed by atoms with van der Waals surface area (Å²) in [6.07, 6.45) is 4.55. The zero-order valence-electron chi connectivity index (χ0n) is 9.87. The van der Waals surface area contributed by atoms with Crippen LogP contribution in [0.3, 0.4) is 0 Å². The molecule has 4 nitrogen and oxygen atoms in total. The number of hydrogen-bond donors (Lipinski definition) is 2. The molecule has 1 aromatic rings. The molecule has 3 N–H and O–H groups in total. The molecule has 0 radical (unpaired) electrons. The van der Waals surface area contributed by atoms with Crippen molar-refractivity contribution in [3.63, 3.8) is 0 Å². The first-order chi connectivity index (χ1) is 8.59. The van der Waals surface area contributed by atoms with Crippen molar-refractivity contribution in [2.24, 2.45) is 11.7 Å². The molecule has 0 saturated heterocycles. The minimum Gasteiger partial charge on any atom is -0.480 e. The van der Waals surface area contributed by atoms with Crippen LogP contribution in [0.25, 0.3) is 0 Å². The Balaban J connectivity index is 2.62. The lowest BCUT2D eigenvalue weighted by Crippen LogP contribution is -2.48. The molecule has 2 rings (SSSR count). The molecule has 4 heteroatoms. The van der Waals surface area contributed by atoms with E-state index in [0.717, 1.165) is 0 Å². The molecule has 0 spiro atoms. The number of rotatable bonds is 3. The molecule has 94 valence electrons. The summed E-state index contributed by atoms with van der Waals surface area (Å²) in [5.41, 5.74) is 4.65. The molecule has 1 aliphatic rings. The summed E-state index contributed by atoms with van der Waals surface area (Å²) in [5.74, 6) is -2.30. The van der Waals surface area contributed by atoms with Crippen molar-refractivity contribution >= 4 is 11.9 Å². The monoisotopic (exact) mass is 245 g/mol. The van der Waals surface area contributed by atoms with Crippen LogP contribution in [0.4, 0.5) is 0 Å². The van der Waals surface area contributed by atoms with Crippen molar-refractivity contribution in [2.45, 2.75) is 18.3 Å². The van der Waals surface area contributed by atoms with Crippen LogP contribution in [-0.2, 0) is 15.0 Å². The number of primary amides is 1. The summed E-state index contributed by atoms with van der Waals surface area (Å²) >= 11 is 0. The Hall–Kier alpha value is -2.10. The zero-order chi connectivity index (χ0) is 13.2. The molecule has 18 heavy (non-hydrogen) atoms. The van der Waals surface area contributed by atoms with E-state index in [1.807, 2.05) is 6.07 Å². The fourth-order valence-electron chi connectivity index (χ4n) is 2.60. The van der Waals surface area contributed by atoms with Crippen molar-refractivity contribution in [3.05, 3.63) is 48.0 Å². The molecule has 0 saturated carbocycles. The Morgan fingerprint density at radius 1 is 1.28 bits per heavy atom. The first kappa shape index (κ1) is 12.4. The molecule has 0 fully saturated rings. The number of hydrogen-bond acceptors (Lipinski definition) is 2. The molecule has 0 aliphatic heterocycles. The first-order valence-corrected chi connectivity index (χ1v) is 5.85. The standard InChI is InChI=1S/C14H15NO3/c15-12(16)11-8-4-5-9-14(11,13(17)18)10-6-2-1-3-7-10/h1-3,5-7,9,11H,4,8H2,(H2,15,16)(H,17,18). The van der Waals surface area contributed by atoms with Gasteiger partial charge in [-0.2, -0.15) is 0 Å². The van der Waals surface area contributed by atoms with Crippen LogP contribution < -0.4 is 5.73 Å². The molecule has 1 amide bonds. The highest BCUT2D eigenvalue weighted by Crippen LogP contribution is 2.40. The van der Waals surface area contributed by atoms with Crippen LogP contribution in [-0.4, -0.2) is 17.0 Å². The molecule has 0 heterocycles. The molecule has 1 aliphatic carbocycles. The van der Waals surface area contributed by atoms with Crippen molar-refractivity contribution in [1.82, 2.24) is 0 Å². The number of benzene rings is 1. The second-order valence-corrected chi connectivity index (χ2v) is 4.47. The maximum atomic E-state index is 11.7. The van der Waals surface area contributed by atoms with Gasteiger partial charge < -0.3 is 10.8 Å². The maximum absolute atomic E-state index is 11.7. The number of carboxylic acids is 1. The van der Waals surface area contributed by atoms with Gasteiger partial charge in [-0.15, -0.1) is 0 Å². The smallest absolute Gasteiger partial charge is 0.318 e. The van der Waals surface area contributed by atoms with Gasteiger partial charge in [0.15, 0.2) is 0 Å². The van der Waals surface area contributed by atoms with Gasteiger partial charge in [0, 0.05) is 0 Å². The third-order valence-electron chi connectivity index (χ3n) is 3.50. The minimum absolute atomic E-state index is 0.465. The fraction of sp³-hybridized carbons (Fsp3) is 0.286. The van der Waals surface area contributed by atoms with Gasteiger partial charge in [-0.3, -0.25) is 9.59 Å². The number of carbonyl (C=O) groups is 2. The Labute approximate surface area is 105 Å². The topological polar surface area (TPSA) is 80.4 Å². The Kier molecular flexibility index (Phi) is 3.19. The summed E-state index contributed by atoms with van der Waals surface area (Å²) in [5, 5.41) is 9.60. The van der Waals surface area contributed by atoms with Gasteiger partial charge >= 0.3 is 5.97 Å². The van der Waals surface area contributed by atoms with E-state index in [-0.39, 0.29) is 0 Å². The van der Waals surface area contributed by atoms with Gasteiger partial charge in [0.25, 0.3) is 0 Å². The zero-order valence-corrected chi connectivity index (χ0v) is 9.87. The minimum atomic E-state index is -1.33. The number of amides is 1. The van der Waals surface area contributed by atoms with Gasteiger partial charge in [-0.1, -0.05) is 42.5 Å². The second kappa shape index (κ2) is 4.64. The van der Waals surface area contributed by atoms with Crippen LogP contribution in [0.1, 0.15) is 18.4 Å². The van der Waals surface area contributed by atoms with Gasteiger partial charge in [0.1, 0.15) is 5.41 Å². The number of aliphatic carboxylic acids is 1. The predicted molar refractivity (Wildman–Crippen MR) is 66.8 cm³/mol. The number of allylic oxidation sites excluding steroid dienone is 1. The lowest BCUT2D eigenvalue weighted by atomic mass is 9.65.